The number of hydrogen-bond acceptors (Lipinski definition) is 2. The van der Waals surface area contributed by atoms with Gasteiger partial charge in [0.2, 0.25) is 5.69 Å². The zero-order valence-corrected chi connectivity index (χ0v) is 10.5. The lowest BCUT2D eigenvalue weighted by Gasteiger charge is -2.22. The zero-order valence-electron chi connectivity index (χ0n) is 10.5. The molecule has 18 heavy (non-hydrogen) atoms. The zero-order chi connectivity index (χ0) is 12.7. The Labute approximate surface area is 106 Å². The third-order valence-electron chi connectivity index (χ3n) is 3.59. The van der Waals surface area contributed by atoms with Crippen LogP contribution in [-0.2, 0) is 6.42 Å². The first-order chi connectivity index (χ1) is 8.70. The second kappa shape index (κ2) is 4.04. The Hall–Kier alpha value is -1.99. The largest absolute Gasteiger partial charge is 0.502 e. The van der Waals surface area contributed by atoms with Crippen LogP contribution in [0.25, 0.3) is 15.7 Å². The molecular formula is C14H15N3O. The maximum atomic E-state index is 7.24. The molecule has 0 amide bonds. The molecular weight excluding hydrogens is 226 g/mol. The first kappa shape index (κ1) is 11.1. The van der Waals surface area contributed by atoms with Crippen molar-refractivity contribution in [2.24, 2.45) is 0 Å². The first-order valence-electron chi connectivity index (χ1n) is 6.00. The summed E-state index contributed by atoms with van der Waals surface area (Å²) < 4.78 is 5.90. The topological polar surface area (TPSA) is 32.6 Å². The molecule has 1 N–H and O–H groups in total. The van der Waals surface area contributed by atoms with Crippen LogP contribution in [0.15, 0.2) is 18.3 Å². The van der Waals surface area contributed by atoms with Gasteiger partial charge in [-0.3, -0.25) is 0 Å². The molecule has 1 aliphatic heterocycles. The van der Waals surface area contributed by atoms with Gasteiger partial charge in [0.05, 0.1) is 6.57 Å². The van der Waals surface area contributed by atoms with Gasteiger partial charge < -0.3 is 14.6 Å². The van der Waals surface area contributed by atoms with Gasteiger partial charge in [-0.2, -0.15) is 0 Å². The molecule has 0 fully saturated rings. The Morgan fingerprint density at radius 2 is 2.28 bits per heavy atom. The van der Waals surface area contributed by atoms with E-state index in [1.54, 1.807) is 0 Å². The minimum Gasteiger partial charge on any atom is -0.502 e. The van der Waals surface area contributed by atoms with Crippen LogP contribution in [-0.4, -0.2) is 36.6 Å². The molecule has 4 heteroatoms. The van der Waals surface area contributed by atoms with Crippen LogP contribution in [0.4, 0.5) is 5.69 Å². The monoisotopic (exact) mass is 241 g/mol. The molecule has 0 radical (unpaired) electrons. The number of nitrogens with zero attached hydrogens (tertiary/aromatic N) is 2. The van der Waals surface area contributed by atoms with Gasteiger partial charge in [-0.05, 0) is 32.1 Å². The number of nitrogens with one attached hydrogen (secondary N) is 1. The van der Waals surface area contributed by atoms with E-state index in [-0.39, 0.29) is 0 Å². The molecule has 1 aliphatic rings. The lowest BCUT2D eigenvalue weighted by molar-refractivity contribution is 0.191. The summed E-state index contributed by atoms with van der Waals surface area (Å²) in [5.74, 6) is 0.739. The van der Waals surface area contributed by atoms with Crippen molar-refractivity contribution in [3.05, 3.63) is 35.3 Å². The van der Waals surface area contributed by atoms with E-state index in [1.165, 1.54) is 5.56 Å². The molecule has 0 spiro atoms. The molecule has 1 unspecified atom stereocenters. The second-order valence-corrected chi connectivity index (χ2v) is 4.89. The van der Waals surface area contributed by atoms with Crippen molar-refractivity contribution in [1.82, 2.24) is 9.88 Å². The Bertz CT molecular complexity index is 636. The maximum absolute atomic E-state index is 7.24. The number of aromatic nitrogens is 1. The smallest absolute Gasteiger partial charge is 0.228 e. The quantitative estimate of drug-likeness (QED) is 0.778. The maximum Gasteiger partial charge on any atom is 0.228 e. The molecule has 0 bridgehead atoms. The third kappa shape index (κ3) is 1.56. The number of ether oxygens (including phenoxy) is 1. The lowest BCUT2D eigenvalue weighted by Crippen LogP contribution is -2.34. The minimum atomic E-state index is 0.343. The predicted octanol–water partition coefficient (Wildman–Crippen LogP) is 2.58. The summed E-state index contributed by atoms with van der Waals surface area (Å²) in [6.07, 6.45) is 2.98. The van der Waals surface area contributed by atoms with E-state index in [0.717, 1.165) is 23.1 Å². The van der Waals surface area contributed by atoms with Gasteiger partial charge in [0.1, 0.15) is 12.4 Å². The SMILES string of the molecule is [C-]#[N+]c1ccc2[nH]cc3c2c1OCC(N(C)C)C3. The summed E-state index contributed by atoms with van der Waals surface area (Å²) in [5.41, 5.74) is 2.89. The van der Waals surface area contributed by atoms with E-state index in [9.17, 15) is 0 Å². The molecule has 1 aromatic carbocycles. The van der Waals surface area contributed by atoms with Gasteiger partial charge in [0, 0.05) is 23.1 Å². The predicted molar refractivity (Wildman–Crippen MR) is 71.2 cm³/mol. The first-order valence-corrected chi connectivity index (χ1v) is 6.00. The molecule has 0 saturated carbocycles. The molecule has 2 heterocycles. The average molecular weight is 241 g/mol. The van der Waals surface area contributed by atoms with Crippen molar-refractivity contribution in [2.75, 3.05) is 20.7 Å². The normalized spacial score (nSPS) is 18.4. The number of benzene rings is 1. The van der Waals surface area contributed by atoms with Gasteiger partial charge in [-0.1, -0.05) is 6.07 Å². The highest BCUT2D eigenvalue weighted by molar-refractivity contribution is 5.94. The number of likely N-dealkylation sites (N-methyl/N-ethyl adjacent to an activating group) is 1. The Balaban J connectivity index is 2.20. The van der Waals surface area contributed by atoms with Gasteiger partial charge in [0.25, 0.3) is 0 Å². The summed E-state index contributed by atoms with van der Waals surface area (Å²) in [6, 6.07) is 4.12. The van der Waals surface area contributed by atoms with Crippen molar-refractivity contribution >= 4 is 16.6 Å². The number of aromatic amines is 1. The fourth-order valence-electron chi connectivity index (χ4n) is 2.47. The summed E-state index contributed by atoms with van der Waals surface area (Å²) in [6.45, 7) is 7.87. The van der Waals surface area contributed by atoms with E-state index in [2.05, 4.69) is 28.8 Å². The molecule has 1 aromatic heterocycles. The Morgan fingerprint density at radius 3 is 3.00 bits per heavy atom. The molecule has 1 atom stereocenters. The Morgan fingerprint density at radius 1 is 1.44 bits per heavy atom. The van der Waals surface area contributed by atoms with Crippen molar-refractivity contribution in [2.45, 2.75) is 12.5 Å². The second-order valence-electron chi connectivity index (χ2n) is 4.89. The van der Waals surface area contributed by atoms with E-state index in [0.29, 0.717) is 18.3 Å². The minimum absolute atomic E-state index is 0.343. The highest BCUT2D eigenvalue weighted by Crippen LogP contribution is 2.40. The van der Waals surface area contributed by atoms with Crippen molar-refractivity contribution < 1.29 is 4.74 Å². The van der Waals surface area contributed by atoms with E-state index in [1.807, 2.05) is 18.3 Å². The highest BCUT2D eigenvalue weighted by Gasteiger charge is 2.23. The van der Waals surface area contributed by atoms with E-state index >= 15 is 0 Å². The standard InChI is InChI=1S/C14H15N3O/c1-15-12-5-4-11-13-9(7-16-11)6-10(17(2)3)8-18-14(12)13/h4-5,7,10,16H,6,8H2,2-3H3. The third-order valence-corrected chi connectivity index (χ3v) is 3.59. The van der Waals surface area contributed by atoms with Crippen LogP contribution in [0, 0.1) is 6.57 Å². The summed E-state index contributed by atoms with van der Waals surface area (Å²) in [5, 5.41) is 1.08. The van der Waals surface area contributed by atoms with Gasteiger partial charge in [-0.15, -0.1) is 0 Å². The summed E-state index contributed by atoms with van der Waals surface area (Å²) in [7, 11) is 4.12. The van der Waals surface area contributed by atoms with E-state index in [4.69, 9.17) is 11.3 Å². The lowest BCUT2D eigenvalue weighted by atomic mass is 10.1. The van der Waals surface area contributed by atoms with Gasteiger partial charge in [-0.25, -0.2) is 4.85 Å². The number of H-pyrrole nitrogens is 1. The number of rotatable bonds is 1. The molecule has 2 aromatic rings. The van der Waals surface area contributed by atoms with Crippen molar-refractivity contribution in [1.29, 1.82) is 0 Å². The van der Waals surface area contributed by atoms with Crippen LogP contribution in [0.5, 0.6) is 5.75 Å². The van der Waals surface area contributed by atoms with Crippen LogP contribution in [0.3, 0.4) is 0 Å². The molecule has 4 nitrogen and oxygen atoms in total. The summed E-state index contributed by atoms with van der Waals surface area (Å²) >= 11 is 0. The van der Waals surface area contributed by atoms with Crippen molar-refractivity contribution in [3.8, 4) is 5.75 Å². The summed E-state index contributed by atoms with van der Waals surface area (Å²) in [4.78, 5) is 8.98. The molecule has 0 saturated heterocycles. The van der Waals surface area contributed by atoms with Gasteiger partial charge >= 0.3 is 0 Å². The van der Waals surface area contributed by atoms with Crippen LogP contribution >= 0.6 is 0 Å². The average Bonchev–Trinajstić information content (AvgIpc) is 2.65. The number of hydrogen-bond donors (Lipinski definition) is 1. The van der Waals surface area contributed by atoms with Gasteiger partial charge in [0.15, 0.2) is 0 Å². The highest BCUT2D eigenvalue weighted by atomic mass is 16.5. The molecule has 3 rings (SSSR count). The fraction of sp³-hybridized carbons (Fsp3) is 0.357. The fourth-order valence-corrected chi connectivity index (χ4v) is 2.47. The van der Waals surface area contributed by atoms with Crippen LogP contribution in [0.1, 0.15) is 5.56 Å². The molecule has 0 aliphatic carbocycles. The van der Waals surface area contributed by atoms with Crippen LogP contribution < -0.4 is 4.74 Å². The van der Waals surface area contributed by atoms with Crippen LogP contribution in [0.2, 0.25) is 0 Å². The Kier molecular flexibility index (Phi) is 2.49. The van der Waals surface area contributed by atoms with Crippen molar-refractivity contribution in [3.63, 3.8) is 0 Å². The van der Waals surface area contributed by atoms with E-state index < -0.39 is 0 Å². The molecule has 92 valence electrons.